The Labute approximate surface area is 265 Å². The highest BCUT2D eigenvalue weighted by Gasteiger charge is 2.50. The molecule has 1 aliphatic carbocycles. The molecule has 1 fully saturated rings. The molecule has 0 amide bonds. The van der Waals surface area contributed by atoms with Crippen LogP contribution < -0.4 is 15.4 Å². The van der Waals surface area contributed by atoms with Crippen molar-refractivity contribution in [1.82, 2.24) is 19.7 Å². The van der Waals surface area contributed by atoms with Gasteiger partial charge in [-0.25, -0.2) is 19.7 Å². The number of anilines is 2. The van der Waals surface area contributed by atoms with Crippen LogP contribution in [0.4, 0.5) is 11.6 Å². The summed E-state index contributed by atoms with van der Waals surface area (Å²) >= 11 is 6.41. The molecular formula is C31H35ClN6O3S2. The maximum atomic E-state index is 13.4. The Hall–Kier alpha value is -3.01. The molecular weight excluding hydrogens is 604 g/mol. The SMILES string of the molecule is CCOC(=O)C#Cc1ccc2c(c1)[C@@H](N[S+]([O-])C(C)(C)C)C1(CCN(c3cnc(Sc4ccnc(N)c4Cl)cn3)CC1)C2. The molecule has 9 nitrogen and oxygen atoms in total. The first-order valence-electron chi connectivity index (χ1n) is 14.1. The van der Waals surface area contributed by atoms with Crippen molar-refractivity contribution in [3.05, 3.63) is 64.6 Å². The number of rotatable bonds is 6. The third kappa shape index (κ3) is 7.05. The largest absolute Gasteiger partial charge is 0.598 e. The van der Waals surface area contributed by atoms with Gasteiger partial charge in [-0.15, -0.1) is 4.72 Å². The number of ether oxygens (including phenoxy) is 1. The summed E-state index contributed by atoms with van der Waals surface area (Å²) in [6, 6.07) is 7.75. The summed E-state index contributed by atoms with van der Waals surface area (Å²) in [6.45, 7) is 9.54. The summed E-state index contributed by atoms with van der Waals surface area (Å²) < 4.78 is 21.4. The molecule has 2 aromatic heterocycles. The van der Waals surface area contributed by atoms with E-state index in [0.29, 0.717) is 10.0 Å². The third-order valence-electron chi connectivity index (χ3n) is 7.77. The van der Waals surface area contributed by atoms with E-state index >= 15 is 0 Å². The van der Waals surface area contributed by atoms with Crippen molar-refractivity contribution >= 4 is 52.3 Å². The summed E-state index contributed by atoms with van der Waals surface area (Å²) in [5, 5.41) is 1.12. The van der Waals surface area contributed by atoms with E-state index < -0.39 is 22.1 Å². The minimum Gasteiger partial charge on any atom is -0.598 e. The molecule has 3 N–H and O–H groups in total. The fourth-order valence-electron chi connectivity index (χ4n) is 5.48. The molecule has 0 radical (unpaired) electrons. The Morgan fingerprint density at radius 1 is 1.26 bits per heavy atom. The lowest BCUT2D eigenvalue weighted by molar-refractivity contribution is -0.136. The van der Waals surface area contributed by atoms with Crippen LogP contribution in [0.25, 0.3) is 0 Å². The first-order valence-corrected chi connectivity index (χ1v) is 16.5. The number of nitrogen functional groups attached to an aromatic ring is 1. The van der Waals surface area contributed by atoms with Crippen molar-refractivity contribution in [2.24, 2.45) is 5.41 Å². The number of nitrogens with zero attached hydrogens (tertiary/aromatic N) is 4. The van der Waals surface area contributed by atoms with Crippen LogP contribution in [0.5, 0.6) is 0 Å². The number of esters is 1. The summed E-state index contributed by atoms with van der Waals surface area (Å²) in [7, 11) is 0. The van der Waals surface area contributed by atoms with Crippen LogP contribution in [-0.2, 0) is 27.3 Å². The number of halogens is 1. The third-order valence-corrected chi connectivity index (χ3v) is 10.8. The maximum absolute atomic E-state index is 13.4. The van der Waals surface area contributed by atoms with Gasteiger partial charge < -0.3 is 19.9 Å². The summed E-state index contributed by atoms with van der Waals surface area (Å²) in [5.74, 6) is 6.05. The number of hydrogen-bond acceptors (Lipinski definition) is 10. The summed E-state index contributed by atoms with van der Waals surface area (Å²) in [5.41, 5.74) is 8.76. The van der Waals surface area contributed by atoms with Crippen LogP contribution in [-0.4, -0.2) is 49.9 Å². The lowest BCUT2D eigenvalue weighted by Crippen LogP contribution is -2.49. The van der Waals surface area contributed by atoms with Gasteiger partial charge in [0.05, 0.1) is 30.1 Å². The average Bonchev–Trinajstić information content (AvgIpc) is 3.26. The molecule has 3 aromatic rings. The van der Waals surface area contributed by atoms with E-state index in [2.05, 4.69) is 37.5 Å². The number of carbonyl (C=O) groups excluding carboxylic acids is 1. The van der Waals surface area contributed by atoms with Gasteiger partial charge in [-0.3, -0.25) is 0 Å². The van der Waals surface area contributed by atoms with Crippen molar-refractivity contribution in [3.63, 3.8) is 0 Å². The van der Waals surface area contributed by atoms with E-state index in [0.717, 1.165) is 54.2 Å². The average molecular weight is 639 g/mol. The molecule has 2 atom stereocenters. The molecule has 5 rings (SSSR count). The second-order valence-corrected chi connectivity index (χ2v) is 15.1. The van der Waals surface area contributed by atoms with Gasteiger partial charge in [0.15, 0.2) is 0 Å². The number of fused-ring (bicyclic) bond motifs is 1. The van der Waals surface area contributed by atoms with Crippen molar-refractivity contribution in [2.45, 2.75) is 67.7 Å². The van der Waals surface area contributed by atoms with Crippen molar-refractivity contribution in [2.75, 3.05) is 30.3 Å². The molecule has 12 heteroatoms. The van der Waals surface area contributed by atoms with E-state index in [1.54, 1.807) is 31.6 Å². The molecule has 43 heavy (non-hydrogen) atoms. The summed E-state index contributed by atoms with van der Waals surface area (Å²) in [4.78, 5) is 28.2. The van der Waals surface area contributed by atoms with Crippen molar-refractivity contribution in [1.29, 1.82) is 0 Å². The molecule has 2 aliphatic rings. The normalized spacial score (nSPS) is 18.1. The molecule has 1 aliphatic heterocycles. The van der Waals surface area contributed by atoms with Gasteiger partial charge in [-0.05, 0) is 76.3 Å². The van der Waals surface area contributed by atoms with Crippen molar-refractivity contribution < 1.29 is 14.1 Å². The molecule has 1 aromatic carbocycles. The number of hydrogen-bond donors (Lipinski definition) is 2. The van der Waals surface area contributed by atoms with Gasteiger partial charge in [0.25, 0.3) is 0 Å². The Morgan fingerprint density at radius 2 is 2.02 bits per heavy atom. The zero-order valence-electron chi connectivity index (χ0n) is 24.6. The summed E-state index contributed by atoms with van der Waals surface area (Å²) in [6.07, 6.45) is 7.80. The van der Waals surface area contributed by atoms with Crippen LogP contribution in [0, 0.1) is 17.3 Å². The predicted molar refractivity (Wildman–Crippen MR) is 171 cm³/mol. The minimum absolute atomic E-state index is 0.114. The highest BCUT2D eigenvalue weighted by Crippen LogP contribution is 2.53. The van der Waals surface area contributed by atoms with Crippen LogP contribution in [0.1, 0.15) is 63.3 Å². The monoisotopic (exact) mass is 638 g/mol. The van der Waals surface area contributed by atoms with Gasteiger partial charge in [0.2, 0.25) is 0 Å². The van der Waals surface area contributed by atoms with Crippen molar-refractivity contribution in [3.8, 4) is 11.8 Å². The standard InChI is InChI=1S/C31H35ClN6O3S2/c1-5-41-26(39)9-7-20-6-8-21-17-31(28(22(21)16-20)37-43(40)30(2,3)4)11-14-38(15-12-31)24-18-36-25(19-35-24)42-23-10-13-34-29(33)27(23)32/h6,8,10,13,16,18-19,28,37H,5,11-12,14-15,17H2,1-4H3,(H2,33,34)/t28-,43?/m1/s1. The second kappa shape index (κ2) is 12.9. The Morgan fingerprint density at radius 3 is 2.70 bits per heavy atom. The van der Waals surface area contributed by atoms with Crippen LogP contribution in [0.15, 0.2) is 52.8 Å². The van der Waals surface area contributed by atoms with E-state index in [-0.39, 0.29) is 23.9 Å². The zero-order chi connectivity index (χ0) is 30.8. The number of benzene rings is 1. The van der Waals surface area contributed by atoms with E-state index in [1.165, 1.54) is 17.3 Å². The maximum Gasteiger partial charge on any atom is 0.384 e. The first kappa shape index (κ1) is 31.4. The van der Waals surface area contributed by atoms with Gasteiger partial charge >= 0.3 is 5.97 Å². The molecule has 1 spiro atoms. The molecule has 3 heterocycles. The Kier molecular flexibility index (Phi) is 9.44. The van der Waals surface area contributed by atoms with Gasteiger partial charge in [-0.2, -0.15) is 0 Å². The molecule has 0 saturated carbocycles. The van der Waals surface area contributed by atoms with Crippen LogP contribution in [0.3, 0.4) is 0 Å². The fraction of sp³-hybridized carbons (Fsp3) is 0.419. The minimum atomic E-state index is -1.27. The number of piperidine rings is 1. The zero-order valence-corrected chi connectivity index (χ0v) is 27.0. The second-order valence-electron chi connectivity index (χ2n) is 11.7. The number of nitrogens with two attached hydrogens (primary N) is 1. The fourth-order valence-corrected chi connectivity index (χ4v) is 7.41. The van der Waals surface area contributed by atoms with E-state index in [4.69, 9.17) is 27.1 Å². The molecule has 0 bridgehead atoms. The van der Waals surface area contributed by atoms with E-state index in [1.807, 2.05) is 32.9 Å². The molecule has 1 unspecified atom stereocenters. The highest BCUT2D eigenvalue weighted by atomic mass is 35.5. The van der Waals surface area contributed by atoms with Gasteiger partial charge in [-0.1, -0.05) is 35.3 Å². The Balaban J connectivity index is 1.33. The number of pyridine rings is 1. The number of carbonyl (C=O) groups is 1. The van der Waals surface area contributed by atoms with E-state index in [9.17, 15) is 9.35 Å². The topological polar surface area (TPSA) is 129 Å². The predicted octanol–water partition coefficient (Wildman–Crippen LogP) is 5.11. The van der Waals surface area contributed by atoms with Gasteiger partial charge in [0, 0.05) is 52.4 Å². The number of nitrogens with one attached hydrogen (secondary N) is 1. The quantitative estimate of drug-likeness (QED) is 0.213. The Bertz CT molecular complexity index is 1550. The molecule has 1 saturated heterocycles. The highest BCUT2D eigenvalue weighted by molar-refractivity contribution is 7.99. The first-order chi connectivity index (χ1) is 20.5. The van der Waals surface area contributed by atoms with Crippen LogP contribution in [0.2, 0.25) is 5.02 Å². The van der Waals surface area contributed by atoms with Crippen LogP contribution >= 0.6 is 23.4 Å². The number of aromatic nitrogens is 3. The lowest BCUT2D eigenvalue weighted by Gasteiger charge is -2.44. The van der Waals surface area contributed by atoms with Gasteiger partial charge in [0.1, 0.15) is 21.4 Å². The molecule has 226 valence electrons. The lowest BCUT2D eigenvalue weighted by atomic mass is 9.73. The smallest absolute Gasteiger partial charge is 0.384 e.